The van der Waals surface area contributed by atoms with Gasteiger partial charge >= 0.3 is 0 Å². The fourth-order valence-corrected chi connectivity index (χ4v) is 11.5. The molecular weight excluding hydrogens is 1250 g/mol. The van der Waals surface area contributed by atoms with Crippen molar-refractivity contribution in [3.8, 4) is 0 Å². The van der Waals surface area contributed by atoms with Crippen molar-refractivity contribution in [3.63, 3.8) is 0 Å². The van der Waals surface area contributed by atoms with Crippen LogP contribution in [0.2, 0.25) is 0 Å². The molecule has 0 radical (unpaired) electrons. The smallest absolute Gasteiger partial charge is 0.245 e. The molecule has 2 saturated heterocycles. The van der Waals surface area contributed by atoms with Crippen molar-refractivity contribution in [2.75, 3.05) is 44.7 Å². The van der Waals surface area contributed by atoms with Gasteiger partial charge in [-0.3, -0.25) is 67.3 Å². The highest BCUT2D eigenvalue weighted by atomic mass is 32.2. The number of hydrogen-bond donors (Lipinski definition) is 15. The summed E-state index contributed by atoms with van der Waals surface area (Å²) < 4.78 is 0. The molecule has 2 fully saturated rings. The van der Waals surface area contributed by atoms with Gasteiger partial charge in [0.15, 0.2) is 5.96 Å². The molecule has 0 aromatic heterocycles. The average molecular weight is 1350 g/mol. The number of amides is 13. The van der Waals surface area contributed by atoms with E-state index in [0.29, 0.717) is 55.4 Å². The molecule has 13 amide bonds. The van der Waals surface area contributed by atoms with Crippen LogP contribution < -0.4 is 82.7 Å². The lowest BCUT2D eigenvalue weighted by Gasteiger charge is -2.32. The molecule has 2 heterocycles. The number of aliphatic imine (C=N–C) groups is 1. The summed E-state index contributed by atoms with van der Waals surface area (Å²) in [4.78, 5) is 185. The number of nitrogens with one attached hydrogen (secondary N) is 8. The van der Waals surface area contributed by atoms with Crippen molar-refractivity contribution >= 4 is 94.5 Å². The number of guanidine groups is 1. The number of nitrogens with zero attached hydrogens (tertiary/aromatic N) is 3. The van der Waals surface area contributed by atoms with Crippen molar-refractivity contribution in [2.45, 2.75) is 183 Å². The lowest BCUT2D eigenvalue weighted by molar-refractivity contribution is -0.144. The summed E-state index contributed by atoms with van der Waals surface area (Å²) in [6.07, 6.45) is 3.12. The molecule has 0 unspecified atom stereocenters. The average Bonchev–Trinajstić information content (AvgIpc) is 1.74. The molecule has 22 N–H and O–H groups in total. The first-order chi connectivity index (χ1) is 45.2. The zero-order valence-corrected chi connectivity index (χ0v) is 55.3. The molecule has 2 aromatic rings. The minimum absolute atomic E-state index is 0.0736. The van der Waals surface area contributed by atoms with Gasteiger partial charge in [-0.25, -0.2) is 0 Å². The number of rotatable bonds is 42. The third-order valence-corrected chi connectivity index (χ3v) is 16.7. The molecule has 2 aliphatic rings. The van der Waals surface area contributed by atoms with Gasteiger partial charge in [0.25, 0.3) is 0 Å². The highest BCUT2D eigenvalue weighted by Gasteiger charge is 2.42. The van der Waals surface area contributed by atoms with E-state index in [9.17, 15) is 62.3 Å². The summed E-state index contributed by atoms with van der Waals surface area (Å²) in [5.74, 6) is -9.80. The second-order valence-electron chi connectivity index (χ2n) is 24.1. The number of carbonyl (C=O) groups excluding carboxylic acids is 13. The van der Waals surface area contributed by atoms with Crippen LogP contribution in [0.25, 0.3) is 0 Å². The number of thioether (sulfide) groups is 1. The third kappa shape index (κ3) is 27.5. The third-order valence-electron chi connectivity index (χ3n) is 16.0. The molecule has 10 atom stereocenters. The minimum atomic E-state index is -1.64. The fourth-order valence-electron chi connectivity index (χ4n) is 11.0. The van der Waals surface area contributed by atoms with Crippen molar-refractivity contribution in [2.24, 2.45) is 51.0 Å². The number of hydrogen-bond acceptors (Lipinski definition) is 17. The summed E-state index contributed by atoms with van der Waals surface area (Å²) in [6.45, 7) is 3.86. The maximum Gasteiger partial charge on any atom is 0.245 e. The van der Waals surface area contributed by atoms with E-state index in [0.717, 1.165) is 0 Å². The minimum Gasteiger partial charge on any atom is -0.370 e. The zero-order valence-electron chi connectivity index (χ0n) is 54.5. The van der Waals surface area contributed by atoms with E-state index in [1.165, 1.54) is 21.6 Å². The van der Waals surface area contributed by atoms with Gasteiger partial charge in [0.05, 0.1) is 12.6 Å². The number of nitrogens with two attached hydrogens (primary N) is 7. The van der Waals surface area contributed by atoms with Crippen LogP contribution in [0, 0.1) is 5.92 Å². The Morgan fingerprint density at radius 3 is 1.51 bits per heavy atom. The molecule has 0 saturated carbocycles. The normalized spacial score (nSPS) is 16.8. The van der Waals surface area contributed by atoms with Gasteiger partial charge in [-0.15, -0.1) is 0 Å². The van der Waals surface area contributed by atoms with Crippen LogP contribution in [0.5, 0.6) is 0 Å². The summed E-state index contributed by atoms with van der Waals surface area (Å²) >= 11 is 1.45. The van der Waals surface area contributed by atoms with E-state index in [1.807, 2.05) is 20.1 Å². The fraction of sp³-hybridized carbons (Fsp3) is 0.587. The van der Waals surface area contributed by atoms with Crippen LogP contribution in [-0.4, -0.2) is 198 Å². The Labute approximate surface area is 558 Å². The van der Waals surface area contributed by atoms with E-state index >= 15 is 0 Å². The summed E-state index contributed by atoms with van der Waals surface area (Å²) in [5, 5.41) is 21.1. The highest BCUT2D eigenvalue weighted by Crippen LogP contribution is 2.24. The predicted molar refractivity (Wildman–Crippen MR) is 356 cm³/mol. The molecule has 2 aromatic carbocycles. The Balaban J connectivity index is 1.56. The Hall–Kier alpha value is -8.91. The van der Waals surface area contributed by atoms with E-state index < -0.39 is 169 Å². The number of unbranched alkanes of at least 4 members (excludes halogenated alkanes) is 1. The number of primary amides is 3. The SMILES string of the molecule is CSCC[C@H](NC(=O)[C@H](CC(C)C)NC(=O)CNC(=O)[C@@H](Cc1ccccc1)NC(=O)[C@@H](Cc1ccccc1)NC(=O)[C@H](CCC(N)=O)NC(=O)[C@H](CCC(N)=O)NC(=O)[C@H]1CCCN1C(=O)[C@H](CCCCN)NC(=O)[C@H]1CCCN1C(=O)[C@@H](N)CCCN=C(N)N)C(N)=O. The monoisotopic (exact) mass is 1350 g/mol. The molecule has 2 aliphatic heterocycles. The van der Waals surface area contributed by atoms with Crippen molar-refractivity contribution in [3.05, 3.63) is 71.8 Å². The molecule has 95 heavy (non-hydrogen) atoms. The van der Waals surface area contributed by atoms with Crippen LogP contribution in [-0.2, 0) is 75.2 Å². The highest BCUT2D eigenvalue weighted by molar-refractivity contribution is 7.98. The second-order valence-corrected chi connectivity index (χ2v) is 25.1. The van der Waals surface area contributed by atoms with E-state index in [4.69, 9.17) is 40.1 Å². The van der Waals surface area contributed by atoms with Crippen molar-refractivity contribution in [1.29, 1.82) is 0 Å². The molecule has 0 bridgehead atoms. The molecule has 4 rings (SSSR count). The maximum absolute atomic E-state index is 14.7. The first-order valence-corrected chi connectivity index (χ1v) is 33.6. The predicted octanol–water partition coefficient (Wildman–Crippen LogP) is -3.71. The number of carbonyl (C=O) groups is 13. The lowest BCUT2D eigenvalue weighted by Crippen LogP contribution is -2.60. The summed E-state index contributed by atoms with van der Waals surface area (Å²) in [6, 6.07) is 4.51. The lowest BCUT2D eigenvalue weighted by atomic mass is 10.0. The molecule has 0 aliphatic carbocycles. The van der Waals surface area contributed by atoms with Gasteiger partial charge in [-0.05, 0) is 119 Å². The van der Waals surface area contributed by atoms with Gasteiger partial charge in [0.2, 0.25) is 76.8 Å². The first kappa shape index (κ1) is 78.5. The summed E-state index contributed by atoms with van der Waals surface area (Å²) in [5.41, 5.74) is 40.6. The zero-order chi connectivity index (χ0) is 70.1. The van der Waals surface area contributed by atoms with E-state index in [-0.39, 0.29) is 83.0 Å². The van der Waals surface area contributed by atoms with E-state index in [1.54, 1.807) is 60.7 Å². The molecule has 0 spiro atoms. The Bertz CT molecular complexity index is 2960. The van der Waals surface area contributed by atoms with Crippen LogP contribution in [0.1, 0.15) is 121 Å². The molecule has 31 nitrogen and oxygen atoms in total. The van der Waals surface area contributed by atoms with Crippen molar-refractivity contribution in [1.82, 2.24) is 52.3 Å². The molecule has 524 valence electrons. The van der Waals surface area contributed by atoms with Crippen molar-refractivity contribution < 1.29 is 62.3 Å². The second kappa shape index (κ2) is 41.0. The standard InChI is InChI=1S/C63H98N18O13S/c1-37(2)33-45(57(89)74-41(53(68)85)27-32-95-3)73-52(84)36-72-54(86)46(34-38-15-6-4-7-16-38)78-58(90)47(35-39-17-8-5-9-18-39)79-56(88)42(23-25-50(66)82)75-55(87)43(24-26-51(67)83)76-59(91)49-22-14-31-81(49)62(94)44(20-10-11-28-64)77-60(92)48-21-13-30-80(48)61(93)40(65)19-12-29-71-63(69)70/h4-9,15-18,37,40-49H,10-14,19-36,64-65H2,1-3H3,(H2,66,82)(H2,67,83)(H2,68,85)(H,72,86)(H,73,84)(H,74,89)(H,75,87)(H,76,91)(H,77,92)(H,78,90)(H,79,88)(H4,69,70,71)/t40-,41-,42-,43-,44-,45-,46+,47+,48+,49+/m0/s1. The van der Waals surface area contributed by atoms with Gasteiger partial charge in [0.1, 0.15) is 54.4 Å². The quantitative estimate of drug-likeness (QED) is 0.0173. The topological polar surface area (TPSA) is 519 Å². The summed E-state index contributed by atoms with van der Waals surface area (Å²) in [7, 11) is 0. The Morgan fingerprint density at radius 2 is 1.01 bits per heavy atom. The number of benzene rings is 2. The van der Waals surface area contributed by atoms with Gasteiger partial charge in [0, 0.05) is 45.3 Å². The molecular formula is C63H98N18O13S. The van der Waals surface area contributed by atoms with Gasteiger partial charge in [-0.1, -0.05) is 74.5 Å². The van der Waals surface area contributed by atoms with Crippen LogP contribution >= 0.6 is 11.8 Å². The number of likely N-dealkylation sites (tertiary alicyclic amines) is 2. The molecule has 32 heteroatoms. The Kier molecular flexibility index (Phi) is 33.9. The van der Waals surface area contributed by atoms with Crippen LogP contribution in [0.15, 0.2) is 65.7 Å². The van der Waals surface area contributed by atoms with E-state index in [2.05, 4.69) is 47.5 Å². The maximum atomic E-state index is 14.7. The van der Waals surface area contributed by atoms with Gasteiger partial charge < -0.3 is 92.5 Å². The van der Waals surface area contributed by atoms with Gasteiger partial charge in [-0.2, -0.15) is 11.8 Å². The Morgan fingerprint density at radius 1 is 0.537 bits per heavy atom. The van der Waals surface area contributed by atoms with Crippen LogP contribution in [0.4, 0.5) is 0 Å². The van der Waals surface area contributed by atoms with Crippen LogP contribution in [0.3, 0.4) is 0 Å². The first-order valence-electron chi connectivity index (χ1n) is 32.2. The largest absolute Gasteiger partial charge is 0.370 e.